The van der Waals surface area contributed by atoms with Crippen LogP contribution in [0.4, 0.5) is 0 Å². The lowest BCUT2D eigenvalue weighted by atomic mass is 10.6. The molecule has 0 unspecified atom stereocenters. The second-order valence-electron chi connectivity index (χ2n) is 1.74. The summed E-state index contributed by atoms with van der Waals surface area (Å²) in [6.45, 7) is -0.296. The minimum atomic E-state index is -0.969. The first kappa shape index (κ1) is 8.55. The normalized spacial score (nSPS) is 9.55. The van der Waals surface area contributed by atoms with Gasteiger partial charge in [-0.2, -0.15) is 0 Å². The number of thiophene rings is 1. The Morgan fingerprint density at radius 1 is 1.82 bits per heavy atom. The van der Waals surface area contributed by atoms with Crippen molar-refractivity contribution in [3.05, 3.63) is 15.2 Å². The quantitative estimate of drug-likeness (QED) is 0.874. The van der Waals surface area contributed by atoms with Gasteiger partial charge in [0.1, 0.15) is 9.54 Å². The summed E-state index contributed by atoms with van der Waals surface area (Å²) in [5.74, 6) is -0.388. The summed E-state index contributed by atoms with van der Waals surface area (Å²) in [5, 5.41) is 10.1. The lowest BCUT2D eigenvalue weighted by Gasteiger charge is -1.98. The number of carboxylic acid groups (broad SMARTS) is 1. The molecule has 1 rings (SSSR count). The smallest absolute Gasteiger partial charge is 0.341 e. The van der Waals surface area contributed by atoms with E-state index in [0.717, 1.165) is 3.79 Å². The van der Waals surface area contributed by atoms with Crippen molar-refractivity contribution in [2.45, 2.75) is 0 Å². The monoisotopic (exact) mass is 236 g/mol. The van der Waals surface area contributed by atoms with Gasteiger partial charge >= 0.3 is 5.97 Å². The number of ether oxygens (including phenoxy) is 1. The van der Waals surface area contributed by atoms with Crippen LogP contribution in [-0.4, -0.2) is 17.7 Å². The SMILES string of the molecule is O=C(O)COc1ccsc1Br. The van der Waals surface area contributed by atoms with Crippen LogP contribution in [0.15, 0.2) is 15.2 Å². The average molecular weight is 237 g/mol. The molecule has 0 spiro atoms. The highest BCUT2D eigenvalue weighted by molar-refractivity contribution is 9.11. The fourth-order valence-electron chi connectivity index (χ4n) is 0.523. The highest BCUT2D eigenvalue weighted by Gasteiger charge is 2.03. The fraction of sp³-hybridized carbons (Fsp3) is 0.167. The third-order valence-electron chi connectivity index (χ3n) is 0.936. The van der Waals surface area contributed by atoms with Crippen LogP contribution in [0, 0.1) is 0 Å². The molecule has 0 atom stereocenters. The number of aliphatic carboxylic acids is 1. The van der Waals surface area contributed by atoms with E-state index in [4.69, 9.17) is 9.84 Å². The number of halogens is 1. The third-order valence-corrected chi connectivity index (χ3v) is 2.57. The van der Waals surface area contributed by atoms with Crippen LogP contribution < -0.4 is 4.74 Å². The predicted octanol–water partition coefficient (Wildman–Crippen LogP) is 1.97. The fourth-order valence-corrected chi connectivity index (χ4v) is 1.65. The van der Waals surface area contributed by atoms with Gasteiger partial charge in [0.15, 0.2) is 6.61 Å². The van der Waals surface area contributed by atoms with Crippen LogP contribution in [0.25, 0.3) is 0 Å². The van der Waals surface area contributed by atoms with Gasteiger partial charge in [-0.3, -0.25) is 0 Å². The van der Waals surface area contributed by atoms with Crippen LogP contribution in [-0.2, 0) is 4.79 Å². The molecule has 1 heterocycles. The standard InChI is InChI=1S/C6H5BrO3S/c7-6-4(1-2-11-6)10-3-5(8)9/h1-2H,3H2,(H,8,9). The van der Waals surface area contributed by atoms with E-state index < -0.39 is 5.97 Å². The van der Waals surface area contributed by atoms with Crippen LogP contribution in [0.5, 0.6) is 5.75 Å². The lowest BCUT2D eigenvalue weighted by Crippen LogP contribution is -2.08. The molecule has 1 N–H and O–H groups in total. The second-order valence-corrected chi connectivity index (χ2v) is 3.97. The molecule has 1 aromatic rings. The predicted molar refractivity (Wildman–Crippen MR) is 45.1 cm³/mol. The van der Waals surface area contributed by atoms with E-state index in [1.807, 2.05) is 5.38 Å². The molecule has 60 valence electrons. The van der Waals surface area contributed by atoms with Crippen molar-refractivity contribution in [3.63, 3.8) is 0 Å². The van der Waals surface area contributed by atoms with Crippen LogP contribution in [0.1, 0.15) is 0 Å². The zero-order chi connectivity index (χ0) is 8.27. The Balaban J connectivity index is 2.51. The molecule has 1 aromatic heterocycles. The summed E-state index contributed by atoms with van der Waals surface area (Å²) in [7, 11) is 0. The molecule has 0 aliphatic carbocycles. The molecule has 0 amide bonds. The maximum Gasteiger partial charge on any atom is 0.341 e. The first-order valence-corrected chi connectivity index (χ1v) is 4.45. The van der Waals surface area contributed by atoms with Gasteiger partial charge in [0.05, 0.1) is 0 Å². The Hall–Kier alpha value is -0.550. The maximum absolute atomic E-state index is 10.1. The zero-order valence-electron chi connectivity index (χ0n) is 5.41. The molecule has 11 heavy (non-hydrogen) atoms. The van der Waals surface area contributed by atoms with Crippen molar-refractivity contribution in [2.75, 3.05) is 6.61 Å². The molecular formula is C6H5BrO3S. The number of hydrogen-bond donors (Lipinski definition) is 1. The highest BCUT2D eigenvalue weighted by Crippen LogP contribution is 2.30. The summed E-state index contributed by atoms with van der Waals surface area (Å²) in [6, 6.07) is 1.72. The van der Waals surface area contributed by atoms with E-state index in [1.54, 1.807) is 6.07 Å². The van der Waals surface area contributed by atoms with Crippen molar-refractivity contribution >= 4 is 33.2 Å². The summed E-state index contributed by atoms with van der Waals surface area (Å²) < 4.78 is 5.72. The Morgan fingerprint density at radius 2 is 2.55 bits per heavy atom. The Labute approximate surface area is 75.7 Å². The molecule has 5 heteroatoms. The third kappa shape index (κ3) is 2.51. The number of rotatable bonds is 3. The molecule has 0 bridgehead atoms. The van der Waals surface area contributed by atoms with E-state index in [2.05, 4.69) is 15.9 Å². The summed E-state index contributed by atoms with van der Waals surface area (Å²) in [4.78, 5) is 10.1. The van der Waals surface area contributed by atoms with Crippen molar-refractivity contribution in [1.82, 2.24) is 0 Å². The molecule has 0 saturated heterocycles. The first-order valence-electron chi connectivity index (χ1n) is 2.77. The molecule has 3 nitrogen and oxygen atoms in total. The van der Waals surface area contributed by atoms with E-state index in [0.29, 0.717) is 5.75 Å². The van der Waals surface area contributed by atoms with Gasteiger partial charge in [-0.05, 0) is 27.4 Å². The lowest BCUT2D eigenvalue weighted by molar-refractivity contribution is -0.139. The van der Waals surface area contributed by atoms with E-state index >= 15 is 0 Å². The molecule has 0 aromatic carbocycles. The van der Waals surface area contributed by atoms with Crippen molar-refractivity contribution in [2.24, 2.45) is 0 Å². The summed E-state index contributed by atoms with van der Waals surface area (Å²) in [6.07, 6.45) is 0. The van der Waals surface area contributed by atoms with Crippen LogP contribution >= 0.6 is 27.3 Å². The van der Waals surface area contributed by atoms with Gasteiger partial charge in [0, 0.05) is 0 Å². The molecular weight excluding hydrogens is 232 g/mol. The summed E-state index contributed by atoms with van der Waals surface area (Å²) >= 11 is 4.67. The molecule has 0 aliphatic rings. The number of carboxylic acids is 1. The van der Waals surface area contributed by atoms with Gasteiger partial charge in [-0.1, -0.05) is 0 Å². The second kappa shape index (κ2) is 3.73. The Bertz CT molecular complexity index is 258. The largest absolute Gasteiger partial charge is 0.480 e. The molecule has 0 saturated carbocycles. The van der Waals surface area contributed by atoms with Crippen LogP contribution in [0.2, 0.25) is 0 Å². The Morgan fingerprint density at radius 3 is 3.00 bits per heavy atom. The van der Waals surface area contributed by atoms with E-state index in [9.17, 15) is 4.79 Å². The van der Waals surface area contributed by atoms with Crippen molar-refractivity contribution in [1.29, 1.82) is 0 Å². The van der Waals surface area contributed by atoms with Crippen molar-refractivity contribution < 1.29 is 14.6 Å². The first-order chi connectivity index (χ1) is 5.20. The van der Waals surface area contributed by atoms with Crippen molar-refractivity contribution in [3.8, 4) is 5.75 Å². The van der Waals surface area contributed by atoms with Crippen LogP contribution in [0.3, 0.4) is 0 Å². The summed E-state index contributed by atoms with van der Waals surface area (Å²) in [5.41, 5.74) is 0. The average Bonchev–Trinajstić information content (AvgIpc) is 2.31. The molecule has 0 aliphatic heterocycles. The van der Waals surface area contributed by atoms with E-state index in [1.165, 1.54) is 11.3 Å². The maximum atomic E-state index is 10.1. The van der Waals surface area contributed by atoms with Gasteiger partial charge in [0.25, 0.3) is 0 Å². The minimum absolute atomic E-state index is 0.296. The van der Waals surface area contributed by atoms with Gasteiger partial charge < -0.3 is 9.84 Å². The molecule has 0 radical (unpaired) electrons. The number of hydrogen-bond acceptors (Lipinski definition) is 3. The Kier molecular flexibility index (Phi) is 2.90. The minimum Gasteiger partial charge on any atom is -0.480 e. The highest BCUT2D eigenvalue weighted by atomic mass is 79.9. The van der Waals surface area contributed by atoms with Gasteiger partial charge in [-0.15, -0.1) is 11.3 Å². The van der Waals surface area contributed by atoms with Gasteiger partial charge in [0.2, 0.25) is 0 Å². The van der Waals surface area contributed by atoms with Gasteiger partial charge in [-0.25, -0.2) is 4.79 Å². The zero-order valence-corrected chi connectivity index (χ0v) is 7.81. The number of carbonyl (C=O) groups is 1. The van der Waals surface area contributed by atoms with E-state index in [-0.39, 0.29) is 6.61 Å². The molecule has 0 fully saturated rings. The topological polar surface area (TPSA) is 46.5 Å².